The molecule has 6 nitrogen and oxygen atoms in total. The van der Waals surface area contributed by atoms with Gasteiger partial charge in [0.05, 0.1) is 36.8 Å². The Bertz CT molecular complexity index is 1510. The molecule has 1 aromatic heterocycles. The molecule has 2 heterocycles. The second-order valence-electron chi connectivity index (χ2n) is 9.32. The quantitative estimate of drug-likeness (QED) is 0.260. The van der Waals surface area contributed by atoms with Crippen molar-refractivity contribution in [3.63, 3.8) is 0 Å². The number of methoxy groups -OCH3 is 1. The minimum absolute atomic E-state index is 0.0300. The zero-order valence-corrected chi connectivity index (χ0v) is 22.3. The summed E-state index contributed by atoms with van der Waals surface area (Å²) < 4.78 is 46.7. The van der Waals surface area contributed by atoms with Crippen LogP contribution in [0.5, 0.6) is 5.75 Å². The Morgan fingerprint density at radius 2 is 1.88 bits per heavy atom. The van der Waals surface area contributed by atoms with Gasteiger partial charge in [0, 0.05) is 30.2 Å². The molecule has 1 N–H and O–H groups in total. The van der Waals surface area contributed by atoms with Crippen molar-refractivity contribution in [2.24, 2.45) is 0 Å². The van der Waals surface area contributed by atoms with Gasteiger partial charge in [0.25, 0.3) is 5.91 Å². The summed E-state index contributed by atoms with van der Waals surface area (Å²) in [6.45, 7) is 1.13. The normalized spacial score (nSPS) is 12.9. The van der Waals surface area contributed by atoms with Crippen LogP contribution in [0.1, 0.15) is 27.0 Å². The fraction of sp³-hybridized carbons (Fsp3) is 0.200. The number of anilines is 3. The van der Waals surface area contributed by atoms with Crippen LogP contribution in [-0.4, -0.2) is 31.1 Å². The highest BCUT2D eigenvalue weighted by molar-refractivity contribution is 6.30. The lowest BCUT2D eigenvalue weighted by Crippen LogP contribution is -2.35. The van der Waals surface area contributed by atoms with Gasteiger partial charge in [0.1, 0.15) is 11.6 Å². The van der Waals surface area contributed by atoms with E-state index in [9.17, 15) is 18.0 Å². The molecule has 5 rings (SSSR count). The molecule has 4 aromatic rings. The number of alkyl halides is 3. The van der Waals surface area contributed by atoms with Crippen molar-refractivity contribution in [1.82, 2.24) is 4.98 Å². The standard InChI is InChI=1S/C30H26ClF3N4O2/c1-40-25-9-5-6-20(14-25)18-38(29(39)21-7-3-2-4-8-21)24-16-27-28(36-17-24)35-12-13-37(27)19-22-15-23(31)10-11-26(22)30(32,33)34/h2-11,14-17H,12-13,18-19H2,1H3,(H,35,36). The van der Waals surface area contributed by atoms with Crippen LogP contribution < -0.4 is 19.9 Å². The van der Waals surface area contributed by atoms with E-state index in [0.717, 1.165) is 11.6 Å². The van der Waals surface area contributed by atoms with Crippen LogP contribution >= 0.6 is 11.6 Å². The number of amides is 1. The Kier molecular flexibility index (Phi) is 7.84. The highest BCUT2D eigenvalue weighted by Gasteiger charge is 2.34. The van der Waals surface area contributed by atoms with Crippen LogP contribution in [0.15, 0.2) is 85.1 Å². The molecule has 0 unspecified atom stereocenters. The van der Waals surface area contributed by atoms with E-state index in [1.165, 1.54) is 12.1 Å². The number of aromatic nitrogens is 1. The average Bonchev–Trinajstić information content (AvgIpc) is 2.95. The van der Waals surface area contributed by atoms with E-state index < -0.39 is 11.7 Å². The number of benzene rings is 3. The fourth-order valence-electron chi connectivity index (χ4n) is 4.71. The van der Waals surface area contributed by atoms with Crippen LogP contribution in [0.25, 0.3) is 0 Å². The molecule has 0 atom stereocenters. The van der Waals surface area contributed by atoms with Gasteiger partial charge in [-0.1, -0.05) is 41.9 Å². The minimum atomic E-state index is -4.52. The first-order valence-electron chi connectivity index (χ1n) is 12.6. The van der Waals surface area contributed by atoms with Gasteiger partial charge in [-0.05, 0) is 59.7 Å². The second kappa shape index (κ2) is 11.5. The first-order chi connectivity index (χ1) is 19.2. The smallest absolute Gasteiger partial charge is 0.416 e. The maximum Gasteiger partial charge on any atom is 0.416 e. The summed E-state index contributed by atoms with van der Waals surface area (Å²) in [7, 11) is 1.57. The van der Waals surface area contributed by atoms with Crippen molar-refractivity contribution >= 4 is 34.7 Å². The molecule has 0 fully saturated rings. The average molecular weight is 567 g/mol. The Morgan fingerprint density at radius 3 is 2.62 bits per heavy atom. The summed E-state index contributed by atoms with van der Waals surface area (Å²) >= 11 is 6.08. The Balaban J connectivity index is 1.54. The number of fused-ring (bicyclic) bond motifs is 1. The van der Waals surface area contributed by atoms with Crippen LogP contribution in [0.3, 0.4) is 0 Å². The van der Waals surface area contributed by atoms with Crippen LogP contribution in [-0.2, 0) is 19.3 Å². The van der Waals surface area contributed by atoms with Crippen LogP contribution in [0.2, 0.25) is 5.02 Å². The van der Waals surface area contributed by atoms with Crippen molar-refractivity contribution in [3.8, 4) is 5.75 Å². The van der Waals surface area contributed by atoms with E-state index in [4.69, 9.17) is 16.3 Å². The zero-order valence-electron chi connectivity index (χ0n) is 21.6. The molecule has 1 aliphatic rings. The SMILES string of the molecule is COc1cccc(CN(C(=O)c2ccccc2)c2cnc3c(c2)N(Cc2cc(Cl)ccc2C(F)(F)F)CCN3)c1. The third kappa shape index (κ3) is 5.99. The molecular formula is C30H26ClF3N4O2. The van der Waals surface area contributed by atoms with Crippen LogP contribution in [0.4, 0.5) is 30.4 Å². The predicted molar refractivity (Wildman–Crippen MR) is 150 cm³/mol. The zero-order chi connectivity index (χ0) is 28.3. The van der Waals surface area contributed by atoms with Gasteiger partial charge in [-0.3, -0.25) is 4.79 Å². The Labute approximate surface area is 235 Å². The Hall–Kier alpha value is -4.24. The van der Waals surface area contributed by atoms with Crippen molar-refractivity contribution in [3.05, 3.63) is 112 Å². The van der Waals surface area contributed by atoms with E-state index in [-0.39, 0.29) is 29.6 Å². The number of nitrogens with zero attached hydrogens (tertiary/aromatic N) is 3. The van der Waals surface area contributed by atoms with E-state index in [2.05, 4.69) is 10.3 Å². The monoisotopic (exact) mass is 566 g/mol. The number of pyridine rings is 1. The molecule has 0 saturated carbocycles. The Morgan fingerprint density at radius 1 is 1.07 bits per heavy atom. The first-order valence-corrected chi connectivity index (χ1v) is 12.9. The number of carbonyl (C=O) groups excluding carboxylic acids is 1. The minimum Gasteiger partial charge on any atom is -0.497 e. The van der Waals surface area contributed by atoms with E-state index >= 15 is 0 Å². The van der Waals surface area contributed by atoms with Gasteiger partial charge in [-0.15, -0.1) is 0 Å². The summed E-state index contributed by atoms with van der Waals surface area (Å²) in [6.07, 6.45) is -2.93. The molecule has 206 valence electrons. The van der Waals surface area contributed by atoms with Crippen molar-refractivity contribution in [2.45, 2.75) is 19.3 Å². The van der Waals surface area contributed by atoms with E-state index in [0.29, 0.717) is 41.6 Å². The van der Waals surface area contributed by atoms with E-state index in [1.807, 2.05) is 35.2 Å². The van der Waals surface area contributed by atoms with Crippen molar-refractivity contribution in [1.29, 1.82) is 0 Å². The molecule has 0 saturated heterocycles. The third-order valence-corrected chi connectivity index (χ3v) is 6.89. The molecular weight excluding hydrogens is 541 g/mol. The molecule has 1 aliphatic heterocycles. The number of ether oxygens (including phenoxy) is 1. The van der Waals surface area contributed by atoms with Crippen LogP contribution in [0, 0.1) is 0 Å². The molecule has 0 spiro atoms. The molecule has 0 radical (unpaired) electrons. The highest BCUT2D eigenvalue weighted by atomic mass is 35.5. The lowest BCUT2D eigenvalue weighted by atomic mass is 10.1. The second-order valence-corrected chi connectivity index (χ2v) is 9.75. The van der Waals surface area contributed by atoms with Gasteiger partial charge in [-0.25, -0.2) is 4.98 Å². The number of halogens is 4. The number of rotatable bonds is 7. The molecule has 40 heavy (non-hydrogen) atoms. The summed E-state index contributed by atoms with van der Waals surface area (Å²) in [5, 5.41) is 3.43. The lowest BCUT2D eigenvalue weighted by molar-refractivity contribution is -0.138. The largest absolute Gasteiger partial charge is 0.497 e. The number of hydrogen-bond acceptors (Lipinski definition) is 5. The van der Waals surface area contributed by atoms with Gasteiger partial charge >= 0.3 is 6.18 Å². The number of hydrogen-bond donors (Lipinski definition) is 1. The topological polar surface area (TPSA) is 57.7 Å². The number of nitrogens with one attached hydrogen (secondary N) is 1. The molecule has 0 bridgehead atoms. The van der Waals surface area contributed by atoms with Gasteiger partial charge in [0.2, 0.25) is 0 Å². The number of carbonyl (C=O) groups is 1. The molecule has 10 heteroatoms. The van der Waals surface area contributed by atoms with Gasteiger partial charge in [-0.2, -0.15) is 13.2 Å². The predicted octanol–water partition coefficient (Wildman–Crippen LogP) is 7.04. The maximum absolute atomic E-state index is 13.8. The van der Waals surface area contributed by atoms with Crippen molar-refractivity contribution < 1.29 is 22.7 Å². The molecule has 0 aliphatic carbocycles. The highest BCUT2D eigenvalue weighted by Crippen LogP contribution is 2.37. The maximum atomic E-state index is 13.8. The van der Waals surface area contributed by atoms with Gasteiger partial charge < -0.3 is 19.9 Å². The third-order valence-electron chi connectivity index (χ3n) is 6.65. The van der Waals surface area contributed by atoms with Gasteiger partial charge in [0.15, 0.2) is 0 Å². The van der Waals surface area contributed by atoms with E-state index in [1.54, 1.807) is 48.5 Å². The summed E-state index contributed by atoms with van der Waals surface area (Å²) in [5.74, 6) is 0.944. The lowest BCUT2D eigenvalue weighted by Gasteiger charge is -2.33. The molecule has 3 aromatic carbocycles. The summed E-state index contributed by atoms with van der Waals surface area (Å²) in [6, 6.07) is 21.7. The molecule has 1 amide bonds. The first kappa shape index (κ1) is 27.3. The summed E-state index contributed by atoms with van der Waals surface area (Å²) in [5.41, 5.74) is 1.75. The fourth-order valence-corrected chi connectivity index (χ4v) is 4.90. The van der Waals surface area contributed by atoms with Crippen molar-refractivity contribution in [2.75, 3.05) is 35.3 Å². The summed E-state index contributed by atoms with van der Waals surface area (Å²) in [4.78, 5) is 21.7.